The van der Waals surface area contributed by atoms with Crippen LogP contribution in [0.1, 0.15) is 51.7 Å². The van der Waals surface area contributed by atoms with E-state index in [0.717, 1.165) is 43.9 Å². The number of hydrogen-bond acceptors (Lipinski definition) is 4. The summed E-state index contributed by atoms with van der Waals surface area (Å²) in [7, 11) is 1.72. The summed E-state index contributed by atoms with van der Waals surface area (Å²) in [6.07, 6.45) is 2.20. The van der Waals surface area contributed by atoms with E-state index in [1.54, 1.807) is 7.11 Å². The van der Waals surface area contributed by atoms with E-state index in [2.05, 4.69) is 43.9 Å². The maximum Gasteiger partial charge on any atom is 0.124 e. The Balaban J connectivity index is 2.09. The SMILES string of the molecule is CCOCc1cc(CN(CC)C2CCOC(C)(C)C2)ccc1OC. The van der Waals surface area contributed by atoms with Gasteiger partial charge in [-0.25, -0.2) is 0 Å². The molecular weight excluding hydrogens is 302 g/mol. The van der Waals surface area contributed by atoms with Crippen molar-refractivity contribution in [3.63, 3.8) is 0 Å². The molecule has 0 aromatic heterocycles. The van der Waals surface area contributed by atoms with E-state index < -0.39 is 0 Å². The molecule has 0 N–H and O–H groups in total. The van der Waals surface area contributed by atoms with Gasteiger partial charge in [0.05, 0.1) is 19.3 Å². The van der Waals surface area contributed by atoms with Crippen LogP contribution in [0.5, 0.6) is 5.75 Å². The van der Waals surface area contributed by atoms with Gasteiger partial charge in [0.2, 0.25) is 0 Å². The summed E-state index contributed by atoms with van der Waals surface area (Å²) in [5.41, 5.74) is 2.42. The van der Waals surface area contributed by atoms with Crippen molar-refractivity contribution < 1.29 is 14.2 Å². The molecule has 1 heterocycles. The van der Waals surface area contributed by atoms with Crippen molar-refractivity contribution in [3.05, 3.63) is 29.3 Å². The second-order valence-electron chi connectivity index (χ2n) is 7.10. The van der Waals surface area contributed by atoms with Crippen molar-refractivity contribution >= 4 is 0 Å². The van der Waals surface area contributed by atoms with Gasteiger partial charge in [-0.15, -0.1) is 0 Å². The molecule has 1 atom stereocenters. The zero-order chi connectivity index (χ0) is 17.6. The predicted octanol–water partition coefficient (Wildman–Crippen LogP) is 4.01. The van der Waals surface area contributed by atoms with E-state index in [1.807, 2.05) is 6.92 Å². The van der Waals surface area contributed by atoms with Gasteiger partial charge in [0.1, 0.15) is 5.75 Å². The van der Waals surface area contributed by atoms with Gasteiger partial charge in [-0.2, -0.15) is 0 Å². The van der Waals surface area contributed by atoms with Gasteiger partial charge in [0.25, 0.3) is 0 Å². The minimum absolute atomic E-state index is 0.0175. The monoisotopic (exact) mass is 335 g/mol. The number of ether oxygens (including phenoxy) is 3. The van der Waals surface area contributed by atoms with E-state index >= 15 is 0 Å². The summed E-state index contributed by atoms with van der Waals surface area (Å²) < 4.78 is 16.9. The van der Waals surface area contributed by atoms with Crippen molar-refractivity contribution in [2.24, 2.45) is 0 Å². The Morgan fingerprint density at radius 2 is 2.08 bits per heavy atom. The topological polar surface area (TPSA) is 30.9 Å². The summed E-state index contributed by atoms with van der Waals surface area (Å²) >= 11 is 0. The van der Waals surface area contributed by atoms with Crippen LogP contribution < -0.4 is 4.74 Å². The summed E-state index contributed by atoms with van der Waals surface area (Å²) in [6.45, 7) is 12.8. The Morgan fingerprint density at radius 3 is 2.71 bits per heavy atom. The molecule has 0 radical (unpaired) electrons. The lowest BCUT2D eigenvalue weighted by Gasteiger charge is -2.41. The maximum absolute atomic E-state index is 5.87. The number of benzene rings is 1. The summed E-state index contributed by atoms with van der Waals surface area (Å²) in [6, 6.07) is 7.03. The fraction of sp³-hybridized carbons (Fsp3) is 0.700. The number of hydrogen-bond donors (Lipinski definition) is 0. The molecule has 1 unspecified atom stereocenters. The van der Waals surface area contributed by atoms with Gasteiger partial charge in [-0.3, -0.25) is 4.90 Å². The third-order valence-corrected chi connectivity index (χ3v) is 4.79. The highest BCUT2D eigenvalue weighted by molar-refractivity contribution is 5.37. The minimum Gasteiger partial charge on any atom is -0.496 e. The first-order chi connectivity index (χ1) is 11.5. The minimum atomic E-state index is -0.0175. The molecule has 1 aromatic rings. The molecule has 136 valence electrons. The Labute approximate surface area is 147 Å². The van der Waals surface area contributed by atoms with Gasteiger partial charge < -0.3 is 14.2 Å². The van der Waals surface area contributed by atoms with E-state index in [9.17, 15) is 0 Å². The van der Waals surface area contributed by atoms with Crippen LogP contribution in [-0.2, 0) is 22.6 Å². The molecule has 4 heteroatoms. The normalized spacial score (nSPS) is 20.3. The largest absolute Gasteiger partial charge is 0.496 e. The zero-order valence-electron chi connectivity index (χ0n) is 15.9. The van der Waals surface area contributed by atoms with Gasteiger partial charge >= 0.3 is 0 Å². The quantitative estimate of drug-likeness (QED) is 0.718. The maximum atomic E-state index is 5.87. The Morgan fingerprint density at radius 1 is 1.29 bits per heavy atom. The number of rotatable bonds is 8. The van der Waals surface area contributed by atoms with E-state index in [-0.39, 0.29) is 5.60 Å². The van der Waals surface area contributed by atoms with Crippen LogP contribution >= 0.6 is 0 Å². The van der Waals surface area contributed by atoms with Crippen LogP contribution in [0.3, 0.4) is 0 Å². The lowest BCUT2D eigenvalue weighted by molar-refractivity contribution is -0.0838. The van der Waals surface area contributed by atoms with Crippen molar-refractivity contribution in [1.29, 1.82) is 0 Å². The lowest BCUT2D eigenvalue weighted by Crippen LogP contribution is -2.45. The Kier molecular flexibility index (Phi) is 7.08. The number of methoxy groups -OCH3 is 1. The average molecular weight is 335 g/mol. The standard InChI is InChI=1S/C20H33NO3/c1-6-21(18-10-11-24-20(3,4)13-18)14-16-8-9-19(22-5)17(12-16)15-23-7-2/h8-9,12,18H,6-7,10-11,13-15H2,1-5H3. The van der Waals surface area contributed by atoms with Crippen LogP contribution in [-0.4, -0.2) is 43.4 Å². The highest BCUT2D eigenvalue weighted by atomic mass is 16.5. The number of nitrogens with zero attached hydrogens (tertiary/aromatic N) is 1. The van der Waals surface area contributed by atoms with Crippen LogP contribution in [0, 0.1) is 0 Å². The molecule has 0 amide bonds. The van der Waals surface area contributed by atoms with E-state index in [4.69, 9.17) is 14.2 Å². The lowest BCUT2D eigenvalue weighted by atomic mass is 9.92. The van der Waals surface area contributed by atoms with Crippen molar-refractivity contribution in [2.45, 2.75) is 65.3 Å². The van der Waals surface area contributed by atoms with Crippen molar-refractivity contribution in [3.8, 4) is 5.75 Å². The van der Waals surface area contributed by atoms with E-state index in [0.29, 0.717) is 19.3 Å². The van der Waals surface area contributed by atoms with Gasteiger partial charge in [0, 0.05) is 31.4 Å². The predicted molar refractivity (Wildman–Crippen MR) is 97.5 cm³/mol. The average Bonchev–Trinajstić information content (AvgIpc) is 2.57. The molecule has 0 saturated carbocycles. The van der Waals surface area contributed by atoms with Crippen LogP contribution in [0.15, 0.2) is 18.2 Å². The first-order valence-corrected chi connectivity index (χ1v) is 9.10. The fourth-order valence-electron chi connectivity index (χ4n) is 3.50. The molecule has 2 rings (SSSR count). The van der Waals surface area contributed by atoms with Crippen LogP contribution in [0.4, 0.5) is 0 Å². The molecule has 0 spiro atoms. The summed E-state index contributed by atoms with van der Waals surface area (Å²) in [5.74, 6) is 0.905. The third-order valence-electron chi connectivity index (χ3n) is 4.79. The van der Waals surface area contributed by atoms with E-state index in [1.165, 1.54) is 5.56 Å². The first-order valence-electron chi connectivity index (χ1n) is 9.10. The van der Waals surface area contributed by atoms with Crippen LogP contribution in [0.25, 0.3) is 0 Å². The summed E-state index contributed by atoms with van der Waals surface area (Å²) in [5, 5.41) is 0. The molecule has 1 aromatic carbocycles. The van der Waals surface area contributed by atoms with Crippen LogP contribution in [0.2, 0.25) is 0 Å². The molecule has 4 nitrogen and oxygen atoms in total. The zero-order valence-corrected chi connectivity index (χ0v) is 15.9. The van der Waals surface area contributed by atoms with Crippen molar-refractivity contribution in [1.82, 2.24) is 4.90 Å². The Hall–Kier alpha value is -1.10. The second-order valence-corrected chi connectivity index (χ2v) is 7.10. The fourth-order valence-corrected chi connectivity index (χ4v) is 3.50. The highest BCUT2D eigenvalue weighted by Gasteiger charge is 2.31. The third kappa shape index (κ3) is 5.20. The van der Waals surface area contributed by atoms with Gasteiger partial charge in [-0.05, 0) is 57.9 Å². The second kappa shape index (κ2) is 8.84. The highest BCUT2D eigenvalue weighted by Crippen LogP contribution is 2.29. The smallest absolute Gasteiger partial charge is 0.124 e. The molecule has 1 aliphatic heterocycles. The van der Waals surface area contributed by atoms with Gasteiger partial charge in [-0.1, -0.05) is 13.0 Å². The molecule has 1 aliphatic rings. The van der Waals surface area contributed by atoms with Crippen molar-refractivity contribution in [2.75, 3.05) is 26.9 Å². The molecule has 1 fully saturated rings. The first kappa shape index (κ1) is 19.2. The molecule has 0 bridgehead atoms. The molecule has 1 saturated heterocycles. The molecular formula is C20H33NO3. The summed E-state index contributed by atoms with van der Waals surface area (Å²) in [4.78, 5) is 2.57. The Bertz CT molecular complexity index is 516. The molecule has 0 aliphatic carbocycles. The molecule has 24 heavy (non-hydrogen) atoms. The van der Waals surface area contributed by atoms with Gasteiger partial charge in [0.15, 0.2) is 0 Å².